The van der Waals surface area contributed by atoms with Crippen molar-refractivity contribution in [2.75, 3.05) is 26.4 Å². The van der Waals surface area contributed by atoms with Gasteiger partial charge in [0.25, 0.3) is 0 Å². The van der Waals surface area contributed by atoms with Crippen LogP contribution in [0.25, 0.3) is 0 Å². The summed E-state index contributed by atoms with van der Waals surface area (Å²) in [7, 11) is 0. The number of hydrogen-bond donors (Lipinski definition) is 1. The zero-order valence-corrected chi connectivity index (χ0v) is 7.30. The van der Waals surface area contributed by atoms with Gasteiger partial charge in [-0.2, -0.15) is 0 Å². The molecule has 1 saturated heterocycles. The van der Waals surface area contributed by atoms with Gasteiger partial charge in [-0.05, 0) is 6.92 Å². The van der Waals surface area contributed by atoms with E-state index in [-0.39, 0.29) is 5.60 Å². The van der Waals surface area contributed by atoms with Crippen molar-refractivity contribution < 1.29 is 9.47 Å². The van der Waals surface area contributed by atoms with E-state index in [4.69, 9.17) is 15.2 Å². The third kappa shape index (κ3) is 1.55. The number of hydrogen-bond acceptors (Lipinski definition) is 3. The average molecular weight is 159 g/mol. The molecule has 0 radical (unpaired) electrons. The lowest BCUT2D eigenvalue weighted by atomic mass is 9.92. The molecule has 0 bridgehead atoms. The summed E-state index contributed by atoms with van der Waals surface area (Å²) in [6.45, 7) is 6.81. The van der Waals surface area contributed by atoms with Crippen molar-refractivity contribution in [3.05, 3.63) is 0 Å². The van der Waals surface area contributed by atoms with Gasteiger partial charge in [-0.15, -0.1) is 0 Å². The summed E-state index contributed by atoms with van der Waals surface area (Å²) in [5, 5.41) is 0. The Hall–Kier alpha value is -0.120. The standard InChI is InChI=1S/C8H17NO2/c1-3-11-8(5-9)6-10-4-7(8)2/h7H,3-6,9H2,1-2H3. The van der Waals surface area contributed by atoms with E-state index in [0.29, 0.717) is 25.7 Å². The molecule has 0 saturated carbocycles. The Kier molecular flexibility index (Phi) is 2.87. The minimum Gasteiger partial charge on any atom is -0.378 e. The van der Waals surface area contributed by atoms with Gasteiger partial charge >= 0.3 is 0 Å². The molecule has 3 heteroatoms. The molecule has 0 aliphatic carbocycles. The predicted octanol–water partition coefficient (Wildman–Crippen LogP) is 0.387. The molecule has 1 aliphatic rings. The van der Waals surface area contributed by atoms with Crippen molar-refractivity contribution in [3.63, 3.8) is 0 Å². The van der Waals surface area contributed by atoms with Gasteiger partial charge < -0.3 is 15.2 Å². The van der Waals surface area contributed by atoms with Gasteiger partial charge in [0.15, 0.2) is 0 Å². The molecule has 0 aromatic carbocycles. The lowest BCUT2D eigenvalue weighted by molar-refractivity contribution is -0.0556. The van der Waals surface area contributed by atoms with Crippen molar-refractivity contribution in [1.82, 2.24) is 0 Å². The minimum absolute atomic E-state index is 0.200. The Labute approximate surface area is 67.9 Å². The van der Waals surface area contributed by atoms with Crippen LogP contribution in [0.4, 0.5) is 0 Å². The van der Waals surface area contributed by atoms with Gasteiger partial charge in [-0.1, -0.05) is 6.92 Å². The molecule has 66 valence electrons. The van der Waals surface area contributed by atoms with E-state index in [1.165, 1.54) is 0 Å². The monoisotopic (exact) mass is 159 g/mol. The number of nitrogens with two attached hydrogens (primary N) is 1. The Morgan fingerprint density at radius 1 is 1.73 bits per heavy atom. The van der Waals surface area contributed by atoms with E-state index in [1.54, 1.807) is 0 Å². The molecule has 1 heterocycles. The van der Waals surface area contributed by atoms with Crippen molar-refractivity contribution >= 4 is 0 Å². The van der Waals surface area contributed by atoms with E-state index in [9.17, 15) is 0 Å². The molecule has 1 aliphatic heterocycles. The second-order valence-corrected chi connectivity index (χ2v) is 3.12. The summed E-state index contributed by atoms with van der Waals surface area (Å²) in [6, 6.07) is 0. The Balaban J connectivity index is 2.57. The highest BCUT2D eigenvalue weighted by Crippen LogP contribution is 2.27. The molecule has 0 aromatic rings. The minimum atomic E-state index is -0.200. The molecule has 3 nitrogen and oxygen atoms in total. The lowest BCUT2D eigenvalue weighted by Crippen LogP contribution is -2.46. The molecule has 11 heavy (non-hydrogen) atoms. The van der Waals surface area contributed by atoms with E-state index in [0.717, 1.165) is 6.61 Å². The van der Waals surface area contributed by atoms with Gasteiger partial charge in [0, 0.05) is 19.1 Å². The zero-order chi connectivity index (χ0) is 8.32. The largest absolute Gasteiger partial charge is 0.378 e. The van der Waals surface area contributed by atoms with Crippen LogP contribution in [0.5, 0.6) is 0 Å². The maximum Gasteiger partial charge on any atom is 0.108 e. The highest BCUT2D eigenvalue weighted by molar-refractivity contribution is 4.91. The van der Waals surface area contributed by atoms with E-state index in [1.807, 2.05) is 6.92 Å². The summed E-state index contributed by atoms with van der Waals surface area (Å²) in [5.41, 5.74) is 5.44. The highest BCUT2D eigenvalue weighted by atomic mass is 16.6. The smallest absolute Gasteiger partial charge is 0.108 e. The van der Waals surface area contributed by atoms with Gasteiger partial charge in [0.1, 0.15) is 5.60 Å². The molecule has 0 spiro atoms. The summed E-state index contributed by atoms with van der Waals surface area (Å²) >= 11 is 0. The first-order valence-corrected chi connectivity index (χ1v) is 4.17. The maximum atomic E-state index is 5.64. The van der Waals surface area contributed by atoms with Crippen LogP contribution >= 0.6 is 0 Å². The molecular weight excluding hydrogens is 142 g/mol. The Bertz CT molecular complexity index is 129. The van der Waals surface area contributed by atoms with Crippen LogP contribution in [0.3, 0.4) is 0 Å². The molecule has 2 N–H and O–H groups in total. The quantitative estimate of drug-likeness (QED) is 0.647. The third-order valence-electron chi connectivity index (χ3n) is 2.39. The first kappa shape index (κ1) is 8.97. The van der Waals surface area contributed by atoms with Crippen LogP contribution in [0.15, 0.2) is 0 Å². The van der Waals surface area contributed by atoms with Crippen LogP contribution < -0.4 is 5.73 Å². The Morgan fingerprint density at radius 3 is 2.82 bits per heavy atom. The van der Waals surface area contributed by atoms with Crippen LogP contribution in [0.2, 0.25) is 0 Å². The normalized spacial score (nSPS) is 37.9. The SMILES string of the molecule is CCOC1(CN)COCC1C. The van der Waals surface area contributed by atoms with E-state index < -0.39 is 0 Å². The van der Waals surface area contributed by atoms with Crippen molar-refractivity contribution in [2.45, 2.75) is 19.4 Å². The molecular formula is C8H17NO2. The fourth-order valence-electron chi connectivity index (χ4n) is 1.49. The molecule has 1 fully saturated rings. The van der Waals surface area contributed by atoms with Gasteiger partial charge in [-0.25, -0.2) is 0 Å². The second kappa shape index (κ2) is 3.52. The molecule has 0 aromatic heterocycles. The maximum absolute atomic E-state index is 5.64. The Morgan fingerprint density at radius 2 is 2.45 bits per heavy atom. The topological polar surface area (TPSA) is 44.5 Å². The van der Waals surface area contributed by atoms with Gasteiger partial charge in [0.2, 0.25) is 0 Å². The fourth-order valence-corrected chi connectivity index (χ4v) is 1.49. The summed E-state index contributed by atoms with van der Waals surface area (Å²) in [4.78, 5) is 0. The zero-order valence-electron chi connectivity index (χ0n) is 7.30. The van der Waals surface area contributed by atoms with E-state index >= 15 is 0 Å². The lowest BCUT2D eigenvalue weighted by Gasteiger charge is -2.29. The predicted molar refractivity (Wildman–Crippen MR) is 43.4 cm³/mol. The molecule has 1 rings (SSSR count). The number of rotatable bonds is 3. The summed E-state index contributed by atoms with van der Waals surface area (Å²) in [5.74, 6) is 0.424. The highest BCUT2D eigenvalue weighted by Gasteiger charge is 2.40. The third-order valence-corrected chi connectivity index (χ3v) is 2.39. The van der Waals surface area contributed by atoms with Crippen molar-refractivity contribution in [1.29, 1.82) is 0 Å². The number of ether oxygens (including phenoxy) is 2. The van der Waals surface area contributed by atoms with Crippen LogP contribution in [-0.4, -0.2) is 32.0 Å². The molecule has 0 amide bonds. The first-order valence-electron chi connectivity index (χ1n) is 4.17. The summed E-state index contributed by atoms with van der Waals surface area (Å²) in [6.07, 6.45) is 0. The van der Waals surface area contributed by atoms with Crippen molar-refractivity contribution in [2.24, 2.45) is 11.7 Å². The second-order valence-electron chi connectivity index (χ2n) is 3.12. The van der Waals surface area contributed by atoms with Crippen molar-refractivity contribution in [3.8, 4) is 0 Å². The van der Waals surface area contributed by atoms with Crippen LogP contribution in [0.1, 0.15) is 13.8 Å². The fraction of sp³-hybridized carbons (Fsp3) is 1.00. The van der Waals surface area contributed by atoms with E-state index in [2.05, 4.69) is 6.92 Å². The van der Waals surface area contributed by atoms with Crippen LogP contribution in [0, 0.1) is 5.92 Å². The van der Waals surface area contributed by atoms with Gasteiger partial charge in [0.05, 0.1) is 13.2 Å². The molecule has 2 unspecified atom stereocenters. The average Bonchev–Trinajstić information content (AvgIpc) is 2.35. The van der Waals surface area contributed by atoms with Crippen LogP contribution in [-0.2, 0) is 9.47 Å². The van der Waals surface area contributed by atoms with Gasteiger partial charge in [-0.3, -0.25) is 0 Å². The molecule has 2 atom stereocenters. The first-order chi connectivity index (χ1) is 5.25. The summed E-state index contributed by atoms with van der Waals surface area (Å²) < 4.78 is 10.9.